The maximum Gasteiger partial charge on any atom is 0.310 e. The minimum absolute atomic E-state index is 0.0761. The highest BCUT2D eigenvalue weighted by Gasteiger charge is 2.18. The van der Waals surface area contributed by atoms with Crippen molar-refractivity contribution in [3.63, 3.8) is 0 Å². The van der Waals surface area contributed by atoms with E-state index in [0.717, 1.165) is 11.1 Å². The number of nitrogens with two attached hydrogens (primary N) is 1. The molecule has 2 rings (SSSR count). The third-order valence-corrected chi connectivity index (χ3v) is 2.99. The van der Waals surface area contributed by atoms with E-state index in [1.807, 2.05) is 6.92 Å². The van der Waals surface area contributed by atoms with Gasteiger partial charge in [0.2, 0.25) is 0 Å². The first-order chi connectivity index (χ1) is 8.95. The molecule has 0 spiro atoms. The molecule has 0 saturated heterocycles. The normalized spacial score (nSPS) is 10.5. The minimum atomic E-state index is -0.484. The average molecular weight is 262 g/mol. The van der Waals surface area contributed by atoms with E-state index in [2.05, 4.69) is 5.10 Å². The summed E-state index contributed by atoms with van der Waals surface area (Å²) in [6, 6.07) is 4.63. The van der Waals surface area contributed by atoms with E-state index in [1.165, 1.54) is 13.2 Å². The third kappa shape index (κ3) is 2.10. The van der Waals surface area contributed by atoms with Crippen molar-refractivity contribution in [3.8, 4) is 17.0 Å². The molecule has 0 fully saturated rings. The van der Waals surface area contributed by atoms with E-state index in [9.17, 15) is 10.1 Å². The predicted molar refractivity (Wildman–Crippen MR) is 71.0 cm³/mol. The van der Waals surface area contributed by atoms with Gasteiger partial charge in [0.15, 0.2) is 5.75 Å². The van der Waals surface area contributed by atoms with Crippen LogP contribution in [0.25, 0.3) is 11.3 Å². The van der Waals surface area contributed by atoms with Crippen molar-refractivity contribution in [1.82, 2.24) is 9.78 Å². The van der Waals surface area contributed by atoms with E-state index in [1.54, 1.807) is 23.9 Å². The molecule has 0 amide bonds. The Balaban J connectivity index is 2.58. The summed E-state index contributed by atoms with van der Waals surface area (Å²) in [5.41, 5.74) is 8.02. The van der Waals surface area contributed by atoms with Crippen LogP contribution in [0.3, 0.4) is 0 Å². The second-order valence-corrected chi connectivity index (χ2v) is 4.13. The zero-order valence-corrected chi connectivity index (χ0v) is 10.9. The van der Waals surface area contributed by atoms with Crippen LogP contribution in [0.5, 0.6) is 5.75 Å². The molecule has 1 heterocycles. The summed E-state index contributed by atoms with van der Waals surface area (Å²) in [7, 11) is 3.14. The smallest absolute Gasteiger partial charge is 0.310 e. The van der Waals surface area contributed by atoms with Crippen LogP contribution in [-0.4, -0.2) is 21.8 Å². The topological polar surface area (TPSA) is 96.2 Å². The lowest BCUT2D eigenvalue weighted by atomic mass is 10.1. The number of aryl methyl sites for hydroxylation is 1. The lowest BCUT2D eigenvalue weighted by molar-refractivity contribution is -0.385. The zero-order chi connectivity index (χ0) is 14.2. The number of rotatable bonds is 3. The maximum absolute atomic E-state index is 10.8. The first-order valence-corrected chi connectivity index (χ1v) is 5.57. The van der Waals surface area contributed by atoms with Crippen LogP contribution in [0.15, 0.2) is 18.2 Å². The summed E-state index contributed by atoms with van der Waals surface area (Å²) in [4.78, 5) is 10.4. The molecule has 0 saturated carbocycles. The van der Waals surface area contributed by atoms with Gasteiger partial charge >= 0.3 is 5.69 Å². The van der Waals surface area contributed by atoms with Crippen LogP contribution >= 0.6 is 0 Å². The fourth-order valence-corrected chi connectivity index (χ4v) is 1.89. The maximum atomic E-state index is 10.8. The van der Waals surface area contributed by atoms with Gasteiger partial charge in [-0.1, -0.05) is 0 Å². The van der Waals surface area contributed by atoms with E-state index < -0.39 is 4.92 Å². The number of hydrogen-bond acceptors (Lipinski definition) is 5. The van der Waals surface area contributed by atoms with Crippen molar-refractivity contribution >= 4 is 11.5 Å². The molecule has 0 atom stereocenters. The molecule has 0 unspecified atom stereocenters. The van der Waals surface area contributed by atoms with E-state index in [-0.39, 0.29) is 11.4 Å². The molecule has 19 heavy (non-hydrogen) atoms. The summed E-state index contributed by atoms with van der Waals surface area (Å²) in [6.45, 7) is 1.85. The quantitative estimate of drug-likeness (QED) is 0.673. The van der Waals surface area contributed by atoms with Crippen molar-refractivity contribution in [2.75, 3.05) is 12.8 Å². The minimum Gasteiger partial charge on any atom is -0.490 e. The van der Waals surface area contributed by atoms with Crippen molar-refractivity contribution in [2.24, 2.45) is 7.05 Å². The van der Waals surface area contributed by atoms with Crippen LogP contribution in [0.4, 0.5) is 11.5 Å². The third-order valence-electron chi connectivity index (χ3n) is 2.99. The SMILES string of the molecule is COc1cc(-c2nn(C)c(N)c2C)ccc1[N+](=O)[O-]. The van der Waals surface area contributed by atoms with Crippen LogP contribution in [-0.2, 0) is 7.05 Å². The first kappa shape index (κ1) is 12.9. The van der Waals surface area contributed by atoms with Crippen molar-refractivity contribution in [2.45, 2.75) is 6.92 Å². The van der Waals surface area contributed by atoms with Gasteiger partial charge in [0.25, 0.3) is 0 Å². The van der Waals surface area contributed by atoms with Gasteiger partial charge in [-0.2, -0.15) is 5.10 Å². The summed E-state index contributed by atoms with van der Waals surface area (Å²) < 4.78 is 6.61. The number of anilines is 1. The number of methoxy groups -OCH3 is 1. The number of aromatic nitrogens is 2. The van der Waals surface area contributed by atoms with Gasteiger partial charge in [0.1, 0.15) is 5.82 Å². The van der Waals surface area contributed by atoms with Crippen molar-refractivity contribution < 1.29 is 9.66 Å². The molecule has 0 aliphatic carbocycles. The van der Waals surface area contributed by atoms with Gasteiger partial charge in [-0.3, -0.25) is 14.8 Å². The van der Waals surface area contributed by atoms with Gasteiger partial charge in [-0.05, 0) is 19.1 Å². The molecule has 1 aromatic heterocycles. The molecule has 7 heteroatoms. The predicted octanol–water partition coefficient (Wildman–Crippen LogP) is 1.89. The van der Waals surface area contributed by atoms with Crippen molar-refractivity contribution in [3.05, 3.63) is 33.9 Å². The fourth-order valence-electron chi connectivity index (χ4n) is 1.89. The van der Waals surface area contributed by atoms with Gasteiger partial charge in [0.05, 0.1) is 17.7 Å². The number of nitro benzene ring substituents is 1. The van der Waals surface area contributed by atoms with Crippen molar-refractivity contribution in [1.29, 1.82) is 0 Å². The largest absolute Gasteiger partial charge is 0.490 e. The molecule has 0 aliphatic heterocycles. The molecule has 7 nitrogen and oxygen atoms in total. The van der Waals surface area contributed by atoms with E-state index in [0.29, 0.717) is 11.5 Å². The fraction of sp³-hybridized carbons (Fsp3) is 0.250. The Morgan fingerprint density at radius 3 is 2.63 bits per heavy atom. The number of benzene rings is 1. The van der Waals surface area contributed by atoms with Crippen LogP contribution in [0.2, 0.25) is 0 Å². The van der Waals surface area contributed by atoms with Crippen LogP contribution in [0.1, 0.15) is 5.56 Å². The molecular weight excluding hydrogens is 248 g/mol. The monoisotopic (exact) mass is 262 g/mol. The lowest BCUT2D eigenvalue weighted by Gasteiger charge is -2.04. The summed E-state index contributed by atoms with van der Waals surface area (Å²) in [5, 5.41) is 15.1. The molecule has 1 aromatic carbocycles. The lowest BCUT2D eigenvalue weighted by Crippen LogP contribution is -1.97. The molecule has 2 aromatic rings. The number of ether oxygens (including phenoxy) is 1. The standard InChI is InChI=1S/C12H14N4O3/c1-7-11(14-15(2)12(7)13)8-4-5-9(16(17)18)10(6-8)19-3/h4-6H,13H2,1-3H3. The summed E-state index contributed by atoms with van der Waals surface area (Å²) in [6.07, 6.45) is 0. The van der Waals surface area contributed by atoms with Gasteiger partial charge < -0.3 is 10.5 Å². The Labute approximate surface area is 109 Å². The molecular formula is C12H14N4O3. The van der Waals surface area contributed by atoms with E-state index in [4.69, 9.17) is 10.5 Å². The Hall–Kier alpha value is -2.57. The Morgan fingerprint density at radius 1 is 1.47 bits per heavy atom. The molecule has 0 aliphatic rings. The summed E-state index contributed by atoms with van der Waals surface area (Å²) >= 11 is 0. The average Bonchev–Trinajstić information content (AvgIpc) is 2.65. The van der Waals surface area contributed by atoms with E-state index >= 15 is 0 Å². The Kier molecular flexibility index (Phi) is 3.12. The second kappa shape index (κ2) is 4.60. The zero-order valence-electron chi connectivity index (χ0n) is 10.9. The highest BCUT2D eigenvalue weighted by molar-refractivity contribution is 5.71. The number of nitrogens with zero attached hydrogens (tertiary/aromatic N) is 3. The van der Waals surface area contributed by atoms with Gasteiger partial charge in [-0.15, -0.1) is 0 Å². The van der Waals surface area contributed by atoms with Gasteiger partial charge in [0, 0.05) is 24.2 Å². The highest BCUT2D eigenvalue weighted by Crippen LogP contribution is 2.33. The van der Waals surface area contributed by atoms with Crippen LogP contribution in [0, 0.1) is 17.0 Å². The molecule has 0 bridgehead atoms. The highest BCUT2D eigenvalue weighted by atomic mass is 16.6. The number of nitro groups is 1. The number of hydrogen-bond donors (Lipinski definition) is 1. The first-order valence-electron chi connectivity index (χ1n) is 5.57. The Morgan fingerprint density at radius 2 is 2.16 bits per heavy atom. The molecule has 100 valence electrons. The molecule has 2 N–H and O–H groups in total. The second-order valence-electron chi connectivity index (χ2n) is 4.13. The number of nitrogen functional groups attached to an aromatic ring is 1. The Bertz CT molecular complexity index is 649. The van der Waals surface area contributed by atoms with Gasteiger partial charge in [-0.25, -0.2) is 0 Å². The summed E-state index contributed by atoms with van der Waals surface area (Å²) in [5.74, 6) is 0.762. The molecule has 0 radical (unpaired) electrons. The van der Waals surface area contributed by atoms with Crippen LogP contribution < -0.4 is 10.5 Å².